The predicted molar refractivity (Wildman–Crippen MR) is 128 cm³/mol. The molecule has 4 heterocycles. The zero-order valence-corrected chi connectivity index (χ0v) is 19.5. The molecule has 35 heavy (non-hydrogen) atoms. The fourth-order valence-corrected chi connectivity index (χ4v) is 4.88. The third kappa shape index (κ3) is 4.16. The summed E-state index contributed by atoms with van der Waals surface area (Å²) in [6.07, 6.45) is 5.20. The van der Waals surface area contributed by atoms with Crippen molar-refractivity contribution in [2.75, 3.05) is 31.7 Å². The molecule has 1 aromatic carbocycles. The van der Waals surface area contributed by atoms with Crippen LogP contribution in [0.3, 0.4) is 0 Å². The summed E-state index contributed by atoms with van der Waals surface area (Å²) in [6.45, 7) is 4.17. The highest BCUT2D eigenvalue weighted by Gasteiger charge is 2.28. The van der Waals surface area contributed by atoms with Gasteiger partial charge in [-0.3, -0.25) is 4.79 Å². The summed E-state index contributed by atoms with van der Waals surface area (Å²) in [5, 5.41) is 14.6. The van der Waals surface area contributed by atoms with Crippen molar-refractivity contribution in [3.63, 3.8) is 0 Å². The Labute approximate surface area is 200 Å². The summed E-state index contributed by atoms with van der Waals surface area (Å²) >= 11 is 0. The van der Waals surface area contributed by atoms with Crippen molar-refractivity contribution >= 4 is 22.4 Å². The molecular weight excluding hydrogens is 457 g/mol. The molecule has 5 rings (SSSR count). The van der Waals surface area contributed by atoms with E-state index in [9.17, 15) is 19.3 Å². The van der Waals surface area contributed by atoms with Gasteiger partial charge in [-0.25, -0.2) is 4.39 Å². The number of rotatable bonds is 6. The number of methoxy groups -OCH3 is 1. The molecule has 0 radical (unpaired) electrons. The Bertz CT molecular complexity index is 1340. The van der Waals surface area contributed by atoms with Crippen molar-refractivity contribution in [2.45, 2.75) is 38.4 Å². The van der Waals surface area contributed by atoms with Crippen LogP contribution in [0.15, 0.2) is 35.4 Å². The van der Waals surface area contributed by atoms with Crippen LogP contribution in [0.1, 0.15) is 31.4 Å². The molecule has 184 valence electrons. The van der Waals surface area contributed by atoms with Crippen molar-refractivity contribution in [3.8, 4) is 11.5 Å². The molecule has 0 aliphatic carbocycles. The Morgan fingerprint density at radius 3 is 2.94 bits per heavy atom. The molecule has 1 N–H and O–H groups in total. The van der Waals surface area contributed by atoms with Crippen LogP contribution < -0.4 is 25.1 Å². The number of nitrogens with zero attached hydrogens (tertiary/aromatic N) is 4. The van der Waals surface area contributed by atoms with E-state index in [-0.39, 0.29) is 40.2 Å². The number of halogens is 1. The monoisotopic (exact) mass is 483 g/mol. The molecule has 1 saturated heterocycles. The van der Waals surface area contributed by atoms with E-state index in [1.165, 1.54) is 25.4 Å². The van der Waals surface area contributed by atoms with Crippen LogP contribution in [-0.4, -0.2) is 47.3 Å². The summed E-state index contributed by atoms with van der Waals surface area (Å²) < 4.78 is 27.6. The quantitative estimate of drug-likeness (QED) is 0.420. The second-order valence-corrected chi connectivity index (χ2v) is 8.97. The largest absolute Gasteiger partial charge is 0.490 e. The maximum absolute atomic E-state index is 14.7. The number of benzene rings is 1. The van der Waals surface area contributed by atoms with Gasteiger partial charge in [0, 0.05) is 43.5 Å². The zero-order valence-electron chi connectivity index (χ0n) is 19.5. The van der Waals surface area contributed by atoms with Gasteiger partial charge in [0.1, 0.15) is 6.61 Å². The van der Waals surface area contributed by atoms with Crippen molar-refractivity contribution in [1.29, 1.82) is 0 Å². The summed E-state index contributed by atoms with van der Waals surface area (Å²) in [6, 6.07) is 4.42. The van der Waals surface area contributed by atoms with Gasteiger partial charge in [0.2, 0.25) is 0 Å². The van der Waals surface area contributed by atoms with E-state index in [1.807, 2.05) is 17.7 Å². The number of anilines is 1. The van der Waals surface area contributed by atoms with Crippen LogP contribution in [0, 0.1) is 15.9 Å². The second kappa shape index (κ2) is 9.14. The van der Waals surface area contributed by atoms with Crippen LogP contribution in [-0.2, 0) is 6.54 Å². The van der Waals surface area contributed by atoms with Crippen LogP contribution in [0.5, 0.6) is 11.5 Å². The minimum absolute atomic E-state index is 0.00598. The second-order valence-electron chi connectivity index (χ2n) is 8.97. The van der Waals surface area contributed by atoms with Gasteiger partial charge in [-0.1, -0.05) is 0 Å². The Morgan fingerprint density at radius 2 is 2.23 bits per heavy atom. The molecule has 0 amide bonds. The molecule has 2 atom stereocenters. The molecule has 0 saturated carbocycles. The Balaban J connectivity index is 1.38. The van der Waals surface area contributed by atoms with Crippen molar-refractivity contribution < 1.29 is 18.8 Å². The summed E-state index contributed by atoms with van der Waals surface area (Å²) in [5.74, 6) is -0.542. The minimum atomic E-state index is -0.627. The molecule has 0 bridgehead atoms. The van der Waals surface area contributed by atoms with Gasteiger partial charge in [0.05, 0.1) is 29.7 Å². The lowest BCUT2D eigenvalue weighted by Gasteiger charge is -2.34. The van der Waals surface area contributed by atoms with Gasteiger partial charge >= 0.3 is 5.82 Å². The third-order valence-corrected chi connectivity index (χ3v) is 6.69. The van der Waals surface area contributed by atoms with E-state index >= 15 is 0 Å². The third-order valence-electron chi connectivity index (χ3n) is 6.69. The zero-order chi connectivity index (χ0) is 24.7. The Hall–Kier alpha value is -3.73. The highest BCUT2D eigenvalue weighted by atomic mass is 19.1. The van der Waals surface area contributed by atoms with Gasteiger partial charge in [-0.2, -0.15) is 0 Å². The Morgan fingerprint density at radius 1 is 1.40 bits per heavy atom. The SMILES string of the molecule is COc1c(F)cc2c(=O)c(CN[C@H]3CCCN(c4ccc([N+](=O)[O-])nc4)C3)cn3c2c1OCC3C. The van der Waals surface area contributed by atoms with Gasteiger partial charge in [-0.05, 0) is 41.8 Å². The average molecular weight is 484 g/mol. The molecule has 2 aliphatic heterocycles. The number of hydrogen-bond donors (Lipinski definition) is 1. The predicted octanol–water partition coefficient (Wildman–Crippen LogP) is 3.16. The number of ether oxygens (including phenoxy) is 2. The van der Waals surface area contributed by atoms with Crippen molar-refractivity contribution in [3.05, 3.63) is 62.3 Å². The molecule has 2 aromatic heterocycles. The number of nitrogens with one attached hydrogen (secondary N) is 1. The van der Waals surface area contributed by atoms with Crippen LogP contribution in [0.2, 0.25) is 0 Å². The molecule has 0 spiro atoms. The fourth-order valence-electron chi connectivity index (χ4n) is 4.88. The Kier molecular flexibility index (Phi) is 6.01. The first kappa shape index (κ1) is 23.0. The topological polar surface area (TPSA) is 112 Å². The molecule has 3 aromatic rings. The maximum Gasteiger partial charge on any atom is 0.363 e. The lowest BCUT2D eigenvalue weighted by molar-refractivity contribution is -0.389. The summed E-state index contributed by atoms with van der Waals surface area (Å²) in [5.41, 5.74) is 1.68. The van der Waals surface area contributed by atoms with E-state index in [0.717, 1.165) is 25.1 Å². The molecule has 1 unspecified atom stereocenters. The average Bonchev–Trinajstić information content (AvgIpc) is 2.86. The summed E-state index contributed by atoms with van der Waals surface area (Å²) in [7, 11) is 1.38. The van der Waals surface area contributed by atoms with Crippen molar-refractivity contribution in [1.82, 2.24) is 14.9 Å². The standard InChI is InChI=1S/C24H26FN5O5/c1-14-13-35-24-21-18(8-19(25)23(24)34-2)22(31)15(11-29(14)21)9-26-16-4-3-7-28(12-16)17-5-6-20(27-10-17)30(32)33/h5-6,8,10-11,14,16,26H,3-4,7,9,12-13H2,1-2H3/t14?,16-/m0/s1. The van der Waals surface area contributed by atoms with Gasteiger partial charge < -0.3 is 34.4 Å². The van der Waals surface area contributed by atoms with E-state index < -0.39 is 10.7 Å². The fraction of sp³-hybridized carbons (Fsp3) is 0.417. The lowest BCUT2D eigenvalue weighted by Crippen LogP contribution is -2.46. The molecule has 2 aliphatic rings. The van der Waals surface area contributed by atoms with Crippen LogP contribution in [0.25, 0.3) is 10.9 Å². The van der Waals surface area contributed by atoms with Crippen molar-refractivity contribution in [2.24, 2.45) is 0 Å². The maximum atomic E-state index is 14.7. The van der Waals surface area contributed by atoms with Gasteiger partial charge in [0.25, 0.3) is 0 Å². The first-order valence-electron chi connectivity index (χ1n) is 11.5. The smallest absolute Gasteiger partial charge is 0.363 e. The number of aromatic nitrogens is 2. The van der Waals surface area contributed by atoms with Crippen LogP contribution in [0.4, 0.5) is 15.9 Å². The van der Waals surface area contributed by atoms with Crippen LogP contribution >= 0.6 is 0 Å². The number of piperidine rings is 1. The van der Waals surface area contributed by atoms with Gasteiger partial charge in [-0.15, -0.1) is 0 Å². The lowest BCUT2D eigenvalue weighted by atomic mass is 10.0. The number of pyridine rings is 2. The van der Waals surface area contributed by atoms with E-state index in [0.29, 0.717) is 30.8 Å². The first-order valence-corrected chi connectivity index (χ1v) is 11.5. The molecule has 11 heteroatoms. The van der Waals surface area contributed by atoms with E-state index in [4.69, 9.17) is 9.47 Å². The van der Waals surface area contributed by atoms with E-state index in [2.05, 4.69) is 15.2 Å². The van der Waals surface area contributed by atoms with E-state index in [1.54, 1.807) is 6.07 Å². The molecule has 10 nitrogen and oxygen atoms in total. The minimum Gasteiger partial charge on any atom is -0.490 e. The number of nitro groups is 1. The van der Waals surface area contributed by atoms with Gasteiger partial charge in [0.15, 0.2) is 28.9 Å². The summed E-state index contributed by atoms with van der Waals surface area (Å²) in [4.78, 5) is 29.7. The highest BCUT2D eigenvalue weighted by Crippen LogP contribution is 2.41. The first-order chi connectivity index (χ1) is 16.9. The highest BCUT2D eigenvalue weighted by molar-refractivity contribution is 5.89. The molecular formula is C24H26FN5O5. The molecule has 1 fully saturated rings. The normalized spacial score (nSPS) is 19.5. The number of hydrogen-bond acceptors (Lipinski definition) is 8.